The number of carbonyl (C=O) groups excluding carboxylic acids is 1. The van der Waals surface area contributed by atoms with E-state index < -0.39 is 0 Å². The molecule has 0 aromatic rings. The number of carbonyl (C=O) groups is 1. The molecule has 0 radical (unpaired) electrons. The second-order valence-corrected chi connectivity index (χ2v) is 5.36. The van der Waals surface area contributed by atoms with E-state index in [1.807, 2.05) is 0 Å². The summed E-state index contributed by atoms with van der Waals surface area (Å²) in [5, 5.41) is 6.65. The molecule has 2 atom stereocenters. The first-order valence-corrected chi connectivity index (χ1v) is 7.21. The third-order valence-electron chi connectivity index (χ3n) is 3.62. The van der Waals surface area contributed by atoms with Gasteiger partial charge in [-0.05, 0) is 39.2 Å². The van der Waals surface area contributed by atoms with Crippen LogP contribution in [0.4, 0.5) is 0 Å². The lowest BCUT2D eigenvalue weighted by atomic mass is 9.95. The van der Waals surface area contributed by atoms with E-state index in [2.05, 4.69) is 31.4 Å². The minimum absolute atomic E-state index is 0.232. The standard InChI is InChI=1S/C14H28N2O/c1-4-6-12(7-5-2)14(17)16-13-8-9-15-11(3)10-13/h11-13,15H,4-10H2,1-3H3,(H,16,17). The fourth-order valence-electron chi connectivity index (χ4n) is 2.69. The predicted molar refractivity (Wildman–Crippen MR) is 71.9 cm³/mol. The van der Waals surface area contributed by atoms with Crippen LogP contribution in [0.1, 0.15) is 59.3 Å². The number of nitrogens with one attached hydrogen (secondary N) is 2. The molecule has 1 aliphatic rings. The Morgan fingerprint density at radius 3 is 2.53 bits per heavy atom. The molecule has 0 saturated carbocycles. The van der Waals surface area contributed by atoms with Crippen LogP contribution < -0.4 is 10.6 Å². The molecule has 1 aliphatic heterocycles. The van der Waals surface area contributed by atoms with Gasteiger partial charge in [-0.25, -0.2) is 0 Å². The molecule has 2 N–H and O–H groups in total. The fourth-order valence-corrected chi connectivity index (χ4v) is 2.69. The molecule has 0 aromatic heterocycles. The molecule has 3 nitrogen and oxygen atoms in total. The molecule has 0 bridgehead atoms. The Hall–Kier alpha value is -0.570. The zero-order valence-electron chi connectivity index (χ0n) is 11.6. The van der Waals surface area contributed by atoms with Crippen LogP contribution in [0.2, 0.25) is 0 Å². The Bertz CT molecular complexity index is 224. The van der Waals surface area contributed by atoms with Crippen molar-refractivity contribution in [3.63, 3.8) is 0 Å². The van der Waals surface area contributed by atoms with Crippen LogP contribution in [0.3, 0.4) is 0 Å². The van der Waals surface area contributed by atoms with E-state index in [9.17, 15) is 4.79 Å². The molecule has 0 aromatic carbocycles. The van der Waals surface area contributed by atoms with Crippen molar-refractivity contribution in [2.75, 3.05) is 6.54 Å². The van der Waals surface area contributed by atoms with Gasteiger partial charge in [0.25, 0.3) is 0 Å². The highest BCUT2D eigenvalue weighted by Gasteiger charge is 2.23. The zero-order valence-corrected chi connectivity index (χ0v) is 11.6. The van der Waals surface area contributed by atoms with Crippen molar-refractivity contribution in [1.29, 1.82) is 0 Å². The number of hydrogen-bond acceptors (Lipinski definition) is 2. The van der Waals surface area contributed by atoms with Gasteiger partial charge in [-0.3, -0.25) is 4.79 Å². The van der Waals surface area contributed by atoms with Gasteiger partial charge in [0, 0.05) is 18.0 Å². The molecule has 1 fully saturated rings. The summed E-state index contributed by atoms with van der Waals surface area (Å²) in [5.74, 6) is 0.517. The molecule has 100 valence electrons. The van der Waals surface area contributed by atoms with E-state index in [0.717, 1.165) is 45.1 Å². The number of rotatable bonds is 6. The van der Waals surface area contributed by atoms with Crippen LogP contribution in [0.5, 0.6) is 0 Å². The highest BCUT2D eigenvalue weighted by molar-refractivity contribution is 5.78. The summed E-state index contributed by atoms with van der Waals surface area (Å²) in [6.07, 6.45) is 6.39. The van der Waals surface area contributed by atoms with Crippen LogP contribution in [-0.2, 0) is 4.79 Å². The first-order valence-electron chi connectivity index (χ1n) is 7.21. The van der Waals surface area contributed by atoms with E-state index in [4.69, 9.17) is 0 Å². The maximum atomic E-state index is 12.2. The molecular formula is C14H28N2O. The average molecular weight is 240 g/mol. The van der Waals surface area contributed by atoms with Crippen molar-refractivity contribution in [2.24, 2.45) is 5.92 Å². The molecular weight excluding hydrogens is 212 g/mol. The van der Waals surface area contributed by atoms with Crippen molar-refractivity contribution in [3.05, 3.63) is 0 Å². The molecule has 1 rings (SSSR count). The SMILES string of the molecule is CCCC(CCC)C(=O)NC1CCNC(C)C1. The summed E-state index contributed by atoms with van der Waals surface area (Å²) < 4.78 is 0. The van der Waals surface area contributed by atoms with Gasteiger partial charge in [0.15, 0.2) is 0 Å². The smallest absolute Gasteiger partial charge is 0.223 e. The largest absolute Gasteiger partial charge is 0.353 e. The minimum Gasteiger partial charge on any atom is -0.353 e. The van der Waals surface area contributed by atoms with Gasteiger partial charge in [-0.1, -0.05) is 26.7 Å². The maximum Gasteiger partial charge on any atom is 0.223 e. The zero-order chi connectivity index (χ0) is 12.7. The van der Waals surface area contributed by atoms with Gasteiger partial charge < -0.3 is 10.6 Å². The molecule has 0 spiro atoms. The van der Waals surface area contributed by atoms with Crippen LogP contribution in [0.15, 0.2) is 0 Å². The minimum atomic E-state index is 0.232. The lowest BCUT2D eigenvalue weighted by molar-refractivity contribution is -0.126. The number of piperidine rings is 1. The van der Waals surface area contributed by atoms with E-state index in [1.165, 1.54) is 0 Å². The van der Waals surface area contributed by atoms with Crippen molar-refractivity contribution >= 4 is 5.91 Å². The summed E-state index contributed by atoms with van der Waals surface area (Å²) in [6, 6.07) is 0.916. The Kier molecular flexibility index (Phi) is 6.56. The van der Waals surface area contributed by atoms with Gasteiger partial charge in [0.05, 0.1) is 0 Å². The van der Waals surface area contributed by atoms with Crippen molar-refractivity contribution in [3.8, 4) is 0 Å². The monoisotopic (exact) mass is 240 g/mol. The highest BCUT2D eigenvalue weighted by Crippen LogP contribution is 2.15. The van der Waals surface area contributed by atoms with E-state index in [1.54, 1.807) is 0 Å². The van der Waals surface area contributed by atoms with Crippen molar-refractivity contribution in [1.82, 2.24) is 10.6 Å². The Balaban J connectivity index is 2.39. The van der Waals surface area contributed by atoms with Crippen molar-refractivity contribution in [2.45, 2.75) is 71.4 Å². The van der Waals surface area contributed by atoms with Gasteiger partial charge >= 0.3 is 0 Å². The van der Waals surface area contributed by atoms with Crippen LogP contribution in [0, 0.1) is 5.92 Å². The molecule has 1 heterocycles. The van der Waals surface area contributed by atoms with Crippen molar-refractivity contribution < 1.29 is 4.79 Å². The molecule has 0 aliphatic carbocycles. The van der Waals surface area contributed by atoms with Gasteiger partial charge in [-0.15, -0.1) is 0 Å². The Labute approximate surface area is 106 Å². The van der Waals surface area contributed by atoms with Crippen LogP contribution in [-0.4, -0.2) is 24.5 Å². The summed E-state index contributed by atoms with van der Waals surface area (Å²) >= 11 is 0. The topological polar surface area (TPSA) is 41.1 Å². The predicted octanol–water partition coefficient (Wildman–Crippen LogP) is 2.46. The number of hydrogen-bond donors (Lipinski definition) is 2. The normalized spacial score (nSPS) is 24.9. The lowest BCUT2D eigenvalue weighted by Gasteiger charge is -2.30. The molecule has 17 heavy (non-hydrogen) atoms. The summed E-state index contributed by atoms with van der Waals surface area (Å²) in [7, 11) is 0. The first-order chi connectivity index (χ1) is 8.17. The van der Waals surface area contributed by atoms with Crippen LogP contribution >= 0.6 is 0 Å². The second kappa shape index (κ2) is 7.70. The van der Waals surface area contributed by atoms with E-state index in [-0.39, 0.29) is 11.8 Å². The highest BCUT2D eigenvalue weighted by atomic mass is 16.1. The van der Waals surface area contributed by atoms with E-state index in [0.29, 0.717) is 12.1 Å². The van der Waals surface area contributed by atoms with Crippen LogP contribution in [0.25, 0.3) is 0 Å². The van der Waals surface area contributed by atoms with Gasteiger partial charge in [0.2, 0.25) is 5.91 Å². The fraction of sp³-hybridized carbons (Fsp3) is 0.929. The van der Waals surface area contributed by atoms with Gasteiger partial charge in [-0.2, -0.15) is 0 Å². The maximum absolute atomic E-state index is 12.2. The average Bonchev–Trinajstić information content (AvgIpc) is 2.28. The third-order valence-corrected chi connectivity index (χ3v) is 3.62. The molecule has 2 unspecified atom stereocenters. The molecule has 3 heteroatoms. The quantitative estimate of drug-likeness (QED) is 0.749. The third kappa shape index (κ3) is 5.07. The van der Waals surface area contributed by atoms with Gasteiger partial charge in [0.1, 0.15) is 0 Å². The summed E-state index contributed by atoms with van der Waals surface area (Å²) in [5.41, 5.74) is 0. The van der Waals surface area contributed by atoms with E-state index >= 15 is 0 Å². The lowest BCUT2D eigenvalue weighted by Crippen LogP contribution is -2.48. The number of amides is 1. The summed E-state index contributed by atoms with van der Waals surface area (Å²) in [4.78, 5) is 12.2. The Morgan fingerprint density at radius 2 is 2.00 bits per heavy atom. The second-order valence-electron chi connectivity index (χ2n) is 5.36. The molecule has 1 amide bonds. The first kappa shape index (κ1) is 14.5. The molecule has 1 saturated heterocycles. The Morgan fingerprint density at radius 1 is 1.35 bits per heavy atom. The summed E-state index contributed by atoms with van der Waals surface area (Å²) in [6.45, 7) is 7.53.